The third kappa shape index (κ3) is 2.90. The molecule has 0 aliphatic rings. The standard InChI is InChI=1S/C14H10Cl4FN/c1-6(20)8-3-2-7(19)4-9(8)12-10(15)5-11(16)13(17)14(12)18/h2-6H,20H2,1H3. The van der Waals surface area contributed by atoms with Gasteiger partial charge in [-0.1, -0.05) is 52.5 Å². The monoisotopic (exact) mass is 351 g/mol. The summed E-state index contributed by atoms with van der Waals surface area (Å²) in [6, 6.07) is 5.43. The Kier molecular flexibility index (Phi) is 4.83. The van der Waals surface area contributed by atoms with Gasteiger partial charge >= 0.3 is 0 Å². The van der Waals surface area contributed by atoms with Crippen LogP contribution in [-0.4, -0.2) is 0 Å². The molecule has 0 heterocycles. The molecule has 0 spiro atoms. The van der Waals surface area contributed by atoms with Crippen molar-refractivity contribution in [2.75, 3.05) is 0 Å². The number of hydrogen-bond donors (Lipinski definition) is 1. The molecule has 1 unspecified atom stereocenters. The van der Waals surface area contributed by atoms with E-state index >= 15 is 0 Å². The van der Waals surface area contributed by atoms with Gasteiger partial charge in [0.2, 0.25) is 0 Å². The molecule has 0 fully saturated rings. The second-order valence-electron chi connectivity index (χ2n) is 4.36. The van der Waals surface area contributed by atoms with Crippen molar-refractivity contribution in [1.82, 2.24) is 0 Å². The Morgan fingerprint density at radius 1 is 1.00 bits per heavy atom. The Labute approximate surface area is 136 Å². The van der Waals surface area contributed by atoms with Crippen LogP contribution in [0.5, 0.6) is 0 Å². The fraction of sp³-hybridized carbons (Fsp3) is 0.143. The van der Waals surface area contributed by atoms with E-state index in [0.717, 1.165) is 0 Å². The van der Waals surface area contributed by atoms with E-state index in [9.17, 15) is 4.39 Å². The maximum Gasteiger partial charge on any atom is 0.123 e. The Morgan fingerprint density at radius 3 is 2.25 bits per heavy atom. The van der Waals surface area contributed by atoms with E-state index in [1.165, 1.54) is 18.2 Å². The fourth-order valence-electron chi connectivity index (χ4n) is 1.96. The van der Waals surface area contributed by atoms with Gasteiger partial charge in [-0.25, -0.2) is 4.39 Å². The van der Waals surface area contributed by atoms with E-state index in [-0.39, 0.29) is 26.1 Å². The lowest BCUT2D eigenvalue weighted by Crippen LogP contribution is -2.07. The minimum absolute atomic E-state index is 0.174. The maximum absolute atomic E-state index is 13.6. The molecule has 0 bridgehead atoms. The molecule has 0 amide bonds. The van der Waals surface area contributed by atoms with Crippen LogP contribution >= 0.6 is 46.4 Å². The van der Waals surface area contributed by atoms with Crippen LogP contribution in [0.25, 0.3) is 11.1 Å². The molecular formula is C14H10Cl4FN. The first kappa shape index (κ1) is 15.9. The first-order valence-corrected chi connectivity index (χ1v) is 7.22. The lowest BCUT2D eigenvalue weighted by Gasteiger charge is -2.16. The van der Waals surface area contributed by atoms with Gasteiger partial charge < -0.3 is 5.73 Å². The predicted octanol–water partition coefficient (Wildman–Crippen LogP) is 6.13. The van der Waals surface area contributed by atoms with Crippen LogP contribution in [0, 0.1) is 5.82 Å². The first-order valence-electron chi connectivity index (χ1n) is 5.71. The van der Waals surface area contributed by atoms with Gasteiger partial charge in [-0.3, -0.25) is 0 Å². The molecule has 0 saturated carbocycles. The van der Waals surface area contributed by atoms with Crippen molar-refractivity contribution < 1.29 is 4.39 Å². The van der Waals surface area contributed by atoms with Crippen LogP contribution in [0.4, 0.5) is 4.39 Å². The summed E-state index contributed by atoms with van der Waals surface area (Å²) in [5.41, 5.74) is 7.55. The van der Waals surface area contributed by atoms with E-state index in [0.29, 0.717) is 16.7 Å². The van der Waals surface area contributed by atoms with Crippen molar-refractivity contribution in [2.24, 2.45) is 5.73 Å². The highest BCUT2D eigenvalue weighted by Crippen LogP contribution is 2.44. The van der Waals surface area contributed by atoms with Gasteiger partial charge in [0.05, 0.1) is 20.1 Å². The van der Waals surface area contributed by atoms with Crippen molar-refractivity contribution >= 4 is 46.4 Å². The summed E-state index contributed by atoms with van der Waals surface area (Å²) in [4.78, 5) is 0. The third-order valence-electron chi connectivity index (χ3n) is 2.89. The molecule has 2 aromatic carbocycles. The average molecular weight is 353 g/mol. The van der Waals surface area contributed by atoms with E-state index in [1.807, 2.05) is 0 Å². The number of hydrogen-bond acceptors (Lipinski definition) is 1. The van der Waals surface area contributed by atoms with Gasteiger partial charge in [-0.2, -0.15) is 0 Å². The Hall–Kier alpha value is -0.510. The second kappa shape index (κ2) is 6.08. The van der Waals surface area contributed by atoms with Crippen LogP contribution in [0.2, 0.25) is 20.1 Å². The van der Waals surface area contributed by atoms with Crippen LogP contribution in [-0.2, 0) is 0 Å². The quantitative estimate of drug-likeness (QED) is 0.510. The molecule has 0 aliphatic heterocycles. The van der Waals surface area contributed by atoms with Crippen LogP contribution in [0.15, 0.2) is 24.3 Å². The molecule has 6 heteroatoms. The van der Waals surface area contributed by atoms with Gasteiger partial charge in [0.15, 0.2) is 0 Å². The second-order valence-corrected chi connectivity index (χ2v) is 5.93. The number of rotatable bonds is 2. The zero-order valence-corrected chi connectivity index (χ0v) is 13.4. The van der Waals surface area contributed by atoms with Gasteiger partial charge in [-0.15, -0.1) is 0 Å². The van der Waals surface area contributed by atoms with Crippen LogP contribution in [0.3, 0.4) is 0 Å². The predicted molar refractivity (Wildman–Crippen MR) is 84.5 cm³/mol. The van der Waals surface area contributed by atoms with Gasteiger partial charge in [0.1, 0.15) is 5.82 Å². The summed E-state index contributed by atoms with van der Waals surface area (Å²) >= 11 is 24.3. The lowest BCUT2D eigenvalue weighted by atomic mass is 9.95. The number of nitrogens with two attached hydrogens (primary N) is 1. The van der Waals surface area contributed by atoms with Gasteiger partial charge in [-0.05, 0) is 36.2 Å². The molecule has 106 valence electrons. The molecule has 0 radical (unpaired) electrons. The molecule has 1 nitrogen and oxygen atoms in total. The SMILES string of the molecule is CC(N)c1ccc(F)cc1-c1c(Cl)cc(Cl)c(Cl)c1Cl. The number of benzene rings is 2. The van der Waals surface area contributed by atoms with Crippen molar-refractivity contribution in [3.8, 4) is 11.1 Å². The minimum atomic E-state index is -0.414. The summed E-state index contributed by atoms with van der Waals surface area (Å²) < 4.78 is 13.6. The first-order chi connectivity index (χ1) is 9.32. The lowest BCUT2D eigenvalue weighted by molar-refractivity contribution is 0.626. The zero-order chi connectivity index (χ0) is 15.0. The molecule has 0 aromatic heterocycles. The fourth-order valence-corrected chi connectivity index (χ4v) is 3.07. The van der Waals surface area contributed by atoms with Crippen LogP contribution in [0.1, 0.15) is 18.5 Å². The molecule has 2 rings (SSSR count). The highest BCUT2D eigenvalue weighted by atomic mass is 35.5. The summed E-state index contributed by atoms with van der Waals surface area (Å²) in [5.74, 6) is -0.414. The molecule has 2 aromatic rings. The summed E-state index contributed by atoms with van der Waals surface area (Å²) in [6.45, 7) is 1.79. The summed E-state index contributed by atoms with van der Waals surface area (Å²) in [6.07, 6.45) is 0. The van der Waals surface area contributed by atoms with E-state index in [2.05, 4.69) is 0 Å². The van der Waals surface area contributed by atoms with E-state index in [1.54, 1.807) is 13.0 Å². The Morgan fingerprint density at radius 2 is 1.65 bits per heavy atom. The van der Waals surface area contributed by atoms with E-state index in [4.69, 9.17) is 52.1 Å². The summed E-state index contributed by atoms with van der Waals surface area (Å²) in [5, 5.41) is 0.880. The summed E-state index contributed by atoms with van der Waals surface area (Å²) in [7, 11) is 0. The maximum atomic E-state index is 13.6. The van der Waals surface area contributed by atoms with Crippen LogP contribution < -0.4 is 5.73 Å². The van der Waals surface area contributed by atoms with E-state index < -0.39 is 5.82 Å². The van der Waals surface area contributed by atoms with Crippen molar-refractivity contribution in [3.63, 3.8) is 0 Å². The molecule has 0 saturated heterocycles. The smallest absolute Gasteiger partial charge is 0.123 e. The average Bonchev–Trinajstić information content (AvgIpc) is 2.36. The molecule has 20 heavy (non-hydrogen) atoms. The molecule has 0 aliphatic carbocycles. The highest BCUT2D eigenvalue weighted by molar-refractivity contribution is 6.51. The topological polar surface area (TPSA) is 26.0 Å². The van der Waals surface area contributed by atoms with Crippen molar-refractivity contribution in [3.05, 3.63) is 55.7 Å². The zero-order valence-electron chi connectivity index (χ0n) is 10.4. The molecule has 1 atom stereocenters. The molecule has 2 N–H and O–H groups in total. The normalized spacial score (nSPS) is 12.6. The largest absolute Gasteiger partial charge is 0.324 e. The van der Waals surface area contributed by atoms with Gasteiger partial charge in [0.25, 0.3) is 0 Å². The number of halogens is 5. The Balaban J connectivity index is 2.81. The minimum Gasteiger partial charge on any atom is -0.324 e. The van der Waals surface area contributed by atoms with Gasteiger partial charge in [0, 0.05) is 11.6 Å². The van der Waals surface area contributed by atoms with Crippen molar-refractivity contribution in [2.45, 2.75) is 13.0 Å². The molecular weight excluding hydrogens is 343 g/mol. The van der Waals surface area contributed by atoms with Crippen molar-refractivity contribution in [1.29, 1.82) is 0 Å². The Bertz CT molecular complexity index is 671. The third-order valence-corrected chi connectivity index (χ3v) is 4.45. The highest BCUT2D eigenvalue weighted by Gasteiger charge is 2.19.